The molecule has 0 unspecified atom stereocenters. The standard InChI is InChI=1S/C17H16FNS/c1-17(2,16-9-5-6-12(10-18)19-16)14-11-20-15-8-4-3-7-13(14)15/h3-9,11H,10H2,1-2H3. The van der Waals surface area contributed by atoms with Gasteiger partial charge in [0.25, 0.3) is 0 Å². The SMILES string of the molecule is CC(C)(c1cccc(CF)n1)c1csc2ccccc12. The molecule has 0 radical (unpaired) electrons. The van der Waals surface area contributed by atoms with Crippen molar-refractivity contribution in [2.45, 2.75) is 25.9 Å². The number of fused-ring (bicyclic) bond motifs is 1. The molecule has 2 aromatic heterocycles. The highest BCUT2D eigenvalue weighted by Crippen LogP contribution is 2.38. The topological polar surface area (TPSA) is 12.9 Å². The zero-order chi connectivity index (χ0) is 14.2. The molecule has 0 saturated heterocycles. The average molecular weight is 285 g/mol. The van der Waals surface area contributed by atoms with Crippen LogP contribution >= 0.6 is 11.3 Å². The summed E-state index contributed by atoms with van der Waals surface area (Å²) in [5.41, 5.74) is 2.43. The molecule has 0 aliphatic carbocycles. The van der Waals surface area contributed by atoms with Crippen LogP contribution in [0.4, 0.5) is 4.39 Å². The molecule has 0 atom stereocenters. The highest BCUT2D eigenvalue weighted by molar-refractivity contribution is 7.17. The minimum atomic E-state index is -0.520. The maximum atomic E-state index is 12.8. The molecule has 3 aromatic rings. The van der Waals surface area contributed by atoms with Crippen LogP contribution in [0.1, 0.15) is 30.8 Å². The second-order valence-electron chi connectivity index (χ2n) is 5.42. The van der Waals surface area contributed by atoms with Crippen molar-refractivity contribution in [1.82, 2.24) is 4.98 Å². The van der Waals surface area contributed by atoms with Crippen LogP contribution in [0.25, 0.3) is 10.1 Å². The maximum Gasteiger partial charge on any atom is 0.131 e. The Morgan fingerprint density at radius 3 is 2.70 bits per heavy atom. The first-order chi connectivity index (χ1) is 9.63. The third kappa shape index (κ3) is 2.12. The number of aromatic nitrogens is 1. The molecule has 0 fully saturated rings. The predicted molar refractivity (Wildman–Crippen MR) is 83.0 cm³/mol. The summed E-state index contributed by atoms with van der Waals surface area (Å²) in [7, 11) is 0. The van der Waals surface area contributed by atoms with Crippen LogP contribution in [0.5, 0.6) is 0 Å². The summed E-state index contributed by atoms with van der Waals surface area (Å²) in [6, 6.07) is 14.0. The molecule has 0 aliphatic heterocycles. The van der Waals surface area contributed by atoms with Crippen LogP contribution in [-0.4, -0.2) is 4.98 Å². The molecule has 20 heavy (non-hydrogen) atoms. The Hall–Kier alpha value is -1.74. The monoisotopic (exact) mass is 285 g/mol. The van der Waals surface area contributed by atoms with Gasteiger partial charge in [0.2, 0.25) is 0 Å². The van der Waals surface area contributed by atoms with Gasteiger partial charge < -0.3 is 0 Å². The van der Waals surface area contributed by atoms with Crippen LogP contribution in [0.3, 0.4) is 0 Å². The highest BCUT2D eigenvalue weighted by Gasteiger charge is 2.27. The lowest BCUT2D eigenvalue weighted by atomic mass is 9.81. The average Bonchev–Trinajstić information content (AvgIpc) is 2.92. The van der Waals surface area contributed by atoms with Crippen molar-refractivity contribution >= 4 is 21.4 Å². The predicted octanol–water partition coefficient (Wildman–Crippen LogP) is 5.09. The number of rotatable bonds is 3. The molecule has 0 aliphatic rings. The molecule has 0 bridgehead atoms. The van der Waals surface area contributed by atoms with Gasteiger partial charge in [-0.3, -0.25) is 4.98 Å². The van der Waals surface area contributed by atoms with Crippen molar-refractivity contribution in [3.63, 3.8) is 0 Å². The minimum absolute atomic E-state index is 0.231. The van der Waals surface area contributed by atoms with Crippen molar-refractivity contribution < 1.29 is 4.39 Å². The lowest BCUT2D eigenvalue weighted by molar-refractivity contribution is 0.472. The van der Waals surface area contributed by atoms with Crippen molar-refractivity contribution in [2.24, 2.45) is 0 Å². The largest absolute Gasteiger partial charge is 0.254 e. The minimum Gasteiger partial charge on any atom is -0.254 e. The number of thiophene rings is 1. The maximum absolute atomic E-state index is 12.8. The van der Waals surface area contributed by atoms with Crippen LogP contribution in [0.15, 0.2) is 47.8 Å². The lowest BCUT2D eigenvalue weighted by Gasteiger charge is -2.24. The zero-order valence-electron chi connectivity index (χ0n) is 11.6. The molecular formula is C17H16FNS. The Bertz CT molecular complexity index is 745. The van der Waals surface area contributed by atoms with Gasteiger partial charge in [0.1, 0.15) is 6.67 Å². The van der Waals surface area contributed by atoms with E-state index in [1.165, 1.54) is 15.6 Å². The normalized spacial score (nSPS) is 11.9. The summed E-state index contributed by atoms with van der Waals surface area (Å²) >= 11 is 1.74. The summed E-state index contributed by atoms with van der Waals surface area (Å²) in [5, 5.41) is 3.45. The number of halogens is 1. The molecule has 1 nitrogen and oxygen atoms in total. The first-order valence-electron chi connectivity index (χ1n) is 6.62. The Kier molecular flexibility index (Phi) is 3.30. The van der Waals surface area contributed by atoms with Gasteiger partial charge in [0.15, 0.2) is 0 Å². The second-order valence-corrected chi connectivity index (χ2v) is 6.33. The Labute approximate surface area is 122 Å². The van der Waals surface area contributed by atoms with E-state index in [1.807, 2.05) is 12.1 Å². The fourth-order valence-corrected chi connectivity index (χ4v) is 3.63. The van der Waals surface area contributed by atoms with Gasteiger partial charge in [-0.05, 0) is 34.5 Å². The molecule has 0 spiro atoms. The van der Waals surface area contributed by atoms with Gasteiger partial charge in [-0.1, -0.05) is 38.1 Å². The van der Waals surface area contributed by atoms with E-state index < -0.39 is 6.67 Å². The van der Waals surface area contributed by atoms with Crippen molar-refractivity contribution in [3.8, 4) is 0 Å². The summed E-state index contributed by atoms with van der Waals surface area (Å²) in [6.45, 7) is 3.77. The second kappa shape index (κ2) is 4.98. The van der Waals surface area contributed by atoms with E-state index in [0.29, 0.717) is 5.69 Å². The molecule has 0 saturated carbocycles. The fraction of sp³-hybridized carbons (Fsp3) is 0.235. The van der Waals surface area contributed by atoms with E-state index in [0.717, 1.165) is 5.69 Å². The number of benzene rings is 1. The van der Waals surface area contributed by atoms with E-state index in [1.54, 1.807) is 17.4 Å². The van der Waals surface area contributed by atoms with E-state index >= 15 is 0 Å². The van der Waals surface area contributed by atoms with Crippen LogP contribution in [0.2, 0.25) is 0 Å². The van der Waals surface area contributed by atoms with Gasteiger partial charge in [-0.2, -0.15) is 0 Å². The number of nitrogens with zero attached hydrogens (tertiary/aromatic N) is 1. The summed E-state index contributed by atoms with van der Waals surface area (Å²) in [5.74, 6) is 0. The lowest BCUT2D eigenvalue weighted by Crippen LogP contribution is -2.20. The van der Waals surface area contributed by atoms with Crippen molar-refractivity contribution in [2.75, 3.05) is 0 Å². The molecule has 3 rings (SSSR count). The summed E-state index contributed by atoms with van der Waals surface area (Å²) in [4.78, 5) is 4.46. The van der Waals surface area contributed by atoms with E-state index in [-0.39, 0.29) is 5.41 Å². The first-order valence-corrected chi connectivity index (χ1v) is 7.50. The Balaban J connectivity index is 2.15. The molecule has 0 N–H and O–H groups in total. The number of pyridine rings is 1. The van der Waals surface area contributed by atoms with Gasteiger partial charge in [0.05, 0.1) is 11.4 Å². The zero-order valence-corrected chi connectivity index (χ0v) is 12.4. The Morgan fingerprint density at radius 1 is 1.10 bits per heavy atom. The number of hydrogen-bond acceptors (Lipinski definition) is 2. The van der Waals surface area contributed by atoms with Crippen molar-refractivity contribution in [1.29, 1.82) is 0 Å². The molecule has 1 aromatic carbocycles. The molecule has 2 heterocycles. The van der Waals surface area contributed by atoms with Crippen LogP contribution in [-0.2, 0) is 12.1 Å². The van der Waals surface area contributed by atoms with Gasteiger partial charge in [0, 0.05) is 10.1 Å². The van der Waals surface area contributed by atoms with E-state index in [4.69, 9.17) is 0 Å². The third-order valence-corrected chi connectivity index (χ3v) is 4.70. The molecule has 3 heteroatoms. The smallest absolute Gasteiger partial charge is 0.131 e. The first kappa shape index (κ1) is 13.3. The molecule has 102 valence electrons. The quantitative estimate of drug-likeness (QED) is 0.653. The fourth-order valence-electron chi connectivity index (χ4n) is 2.50. The summed E-state index contributed by atoms with van der Waals surface area (Å²) in [6.07, 6.45) is 0. The van der Waals surface area contributed by atoms with Crippen molar-refractivity contribution in [3.05, 3.63) is 64.8 Å². The third-order valence-electron chi connectivity index (χ3n) is 3.74. The Morgan fingerprint density at radius 2 is 1.90 bits per heavy atom. The number of hydrogen-bond donors (Lipinski definition) is 0. The molecular weight excluding hydrogens is 269 g/mol. The van der Waals surface area contributed by atoms with Crippen LogP contribution in [0, 0.1) is 0 Å². The highest BCUT2D eigenvalue weighted by atomic mass is 32.1. The molecule has 0 amide bonds. The van der Waals surface area contributed by atoms with Gasteiger partial charge in [-0.15, -0.1) is 11.3 Å². The van der Waals surface area contributed by atoms with Crippen LogP contribution < -0.4 is 0 Å². The van der Waals surface area contributed by atoms with Gasteiger partial charge >= 0.3 is 0 Å². The number of alkyl halides is 1. The van der Waals surface area contributed by atoms with E-state index in [9.17, 15) is 4.39 Å². The summed E-state index contributed by atoms with van der Waals surface area (Å²) < 4.78 is 14.1. The van der Waals surface area contributed by atoms with E-state index in [2.05, 4.69) is 48.5 Å². The van der Waals surface area contributed by atoms with Gasteiger partial charge in [-0.25, -0.2) is 4.39 Å².